The Morgan fingerprint density at radius 2 is 1.73 bits per heavy atom. The fraction of sp³-hybridized carbons (Fsp3) is 0.400. The average Bonchev–Trinajstić information content (AvgIpc) is 2.15. The second-order valence-electron chi connectivity index (χ2n) is 3.25. The molecule has 1 rings (SSSR count). The zero-order valence-corrected chi connectivity index (χ0v) is 8.52. The highest BCUT2D eigenvalue weighted by Crippen LogP contribution is 2.28. The van der Waals surface area contributed by atoms with E-state index in [1.165, 1.54) is 24.3 Å². The predicted octanol–water partition coefficient (Wildman–Crippen LogP) is 3.05. The van der Waals surface area contributed by atoms with E-state index >= 15 is 0 Å². The highest BCUT2D eigenvalue weighted by Gasteiger charge is 2.38. The average molecular weight is 239 g/mol. The van der Waals surface area contributed by atoms with E-state index in [-0.39, 0.29) is 6.42 Å². The zero-order chi connectivity index (χ0) is 11.5. The van der Waals surface area contributed by atoms with Gasteiger partial charge in [-0.1, -0.05) is 23.7 Å². The summed E-state index contributed by atoms with van der Waals surface area (Å²) in [6.07, 6.45) is -4.59. The Morgan fingerprint density at radius 1 is 1.20 bits per heavy atom. The fourth-order valence-electron chi connectivity index (χ4n) is 1.19. The van der Waals surface area contributed by atoms with Gasteiger partial charge < -0.3 is 5.11 Å². The first-order valence-electron chi connectivity index (χ1n) is 4.35. The van der Waals surface area contributed by atoms with Crippen LogP contribution in [0.3, 0.4) is 0 Å². The quantitative estimate of drug-likeness (QED) is 0.858. The number of halogens is 4. The Hall–Kier alpha value is -0.740. The van der Waals surface area contributed by atoms with Crippen LogP contribution in [0.15, 0.2) is 24.3 Å². The molecule has 0 aliphatic carbocycles. The molecule has 0 aliphatic heterocycles. The van der Waals surface area contributed by atoms with Crippen LogP contribution >= 0.6 is 11.6 Å². The third kappa shape index (κ3) is 3.72. The SMILES string of the molecule is OCC(Cc1ccc(Cl)cc1)C(F)(F)F. The highest BCUT2D eigenvalue weighted by atomic mass is 35.5. The van der Waals surface area contributed by atoms with E-state index in [1.54, 1.807) is 0 Å². The molecule has 0 fully saturated rings. The van der Waals surface area contributed by atoms with Gasteiger partial charge in [0.05, 0.1) is 12.5 Å². The minimum atomic E-state index is -4.37. The smallest absolute Gasteiger partial charge is 0.394 e. The monoisotopic (exact) mass is 238 g/mol. The Kier molecular flexibility index (Phi) is 3.99. The lowest BCUT2D eigenvalue weighted by molar-refractivity contribution is -0.183. The number of hydrogen-bond donors (Lipinski definition) is 1. The van der Waals surface area contributed by atoms with Gasteiger partial charge >= 0.3 is 6.18 Å². The molecule has 0 saturated heterocycles. The van der Waals surface area contributed by atoms with Gasteiger partial charge in [0.2, 0.25) is 0 Å². The van der Waals surface area contributed by atoms with Crippen molar-refractivity contribution in [1.82, 2.24) is 0 Å². The van der Waals surface area contributed by atoms with Crippen LogP contribution in [0.25, 0.3) is 0 Å². The van der Waals surface area contributed by atoms with Crippen molar-refractivity contribution in [3.8, 4) is 0 Å². The second-order valence-corrected chi connectivity index (χ2v) is 3.69. The van der Waals surface area contributed by atoms with E-state index in [0.29, 0.717) is 10.6 Å². The molecule has 1 unspecified atom stereocenters. The predicted molar refractivity (Wildman–Crippen MR) is 51.8 cm³/mol. The Balaban J connectivity index is 2.71. The molecule has 1 atom stereocenters. The van der Waals surface area contributed by atoms with Crippen molar-refractivity contribution in [2.75, 3.05) is 6.61 Å². The van der Waals surface area contributed by atoms with Crippen LogP contribution in [0, 0.1) is 5.92 Å². The number of aliphatic hydroxyl groups is 1. The molecule has 0 bridgehead atoms. The van der Waals surface area contributed by atoms with Gasteiger partial charge in [-0.25, -0.2) is 0 Å². The lowest BCUT2D eigenvalue weighted by Crippen LogP contribution is -2.28. The summed E-state index contributed by atoms with van der Waals surface area (Å²) in [6, 6.07) is 6.11. The largest absolute Gasteiger partial charge is 0.396 e. The van der Waals surface area contributed by atoms with Gasteiger partial charge in [0.25, 0.3) is 0 Å². The minimum Gasteiger partial charge on any atom is -0.396 e. The van der Waals surface area contributed by atoms with Crippen molar-refractivity contribution >= 4 is 11.6 Å². The van der Waals surface area contributed by atoms with E-state index in [0.717, 1.165) is 0 Å². The molecule has 0 radical (unpaired) electrons. The van der Waals surface area contributed by atoms with Crippen LogP contribution in [0.5, 0.6) is 0 Å². The van der Waals surface area contributed by atoms with E-state index in [4.69, 9.17) is 16.7 Å². The van der Waals surface area contributed by atoms with Crippen molar-refractivity contribution in [2.24, 2.45) is 5.92 Å². The first-order chi connectivity index (χ1) is 6.93. The summed E-state index contributed by atoms with van der Waals surface area (Å²) in [4.78, 5) is 0. The molecule has 0 amide bonds. The number of alkyl halides is 3. The molecule has 0 aromatic heterocycles. The lowest BCUT2D eigenvalue weighted by Gasteiger charge is -2.17. The van der Waals surface area contributed by atoms with Gasteiger partial charge in [-0.15, -0.1) is 0 Å². The fourth-order valence-corrected chi connectivity index (χ4v) is 1.31. The number of benzene rings is 1. The Morgan fingerprint density at radius 3 is 2.13 bits per heavy atom. The van der Waals surface area contributed by atoms with E-state index in [1.807, 2.05) is 0 Å². The molecule has 1 N–H and O–H groups in total. The van der Waals surface area contributed by atoms with Gasteiger partial charge in [0.15, 0.2) is 0 Å². The topological polar surface area (TPSA) is 20.2 Å². The Bertz CT molecular complexity index is 307. The van der Waals surface area contributed by atoms with Crippen LogP contribution in [-0.4, -0.2) is 17.9 Å². The van der Waals surface area contributed by atoms with Gasteiger partial charge in [-0.05, 0) is 24.1 Å². The maximum atomic E-state index is 12.3. The molecule has 15 heavy (non-hydrogen) atoms. The highest BCUT2D eigenvalue weighted by molar-refractivity contribution is 6.30. The van der Waals surface area contributed by atoms with E-state index in [2.05, 4.69) is 0 Å². The maximum Gasteiger partial charge on any atom is 0.394 e. The summed E-state index contributed by atoms with van der Waals surface area (Å²) >= 11 is 5.60. The van der Waals surface area contributed by atoms with E-state index < -0.39 is 18.7 Å². The molecule has 0 aliphatic rings. The molecule has 84 valence electrons. The van der Waals surface area contributed by atoms with Gasteiger partial charge in [0.1, 0.15) is 0 Å². The summed E-state index contributed by atoms with van der Waals surface area (Å²) in [6.45, 7) is -0.897. The molecular formula is C10H10ClF3O. The standard InChI is InChI=1S/C10H10ClF3O/c11-9-3-1-7(2-4-9)5-8(6-15)10(12,13)14/h1-4,8,15H,5-6H2. The minimum absolute atomic E-state index is 0.225. The molecule has 1 aromatic carbocycles. The van der Waals surface area contributed by atoms with Gasteiger partial charge in [0, 0.05) is 5.02 Å². The molecule has 0 heterocycles. The molecular weight excluding hydrogens is 229 g/mol. The second kappa shape index (κ2) is 4.86. The van der Waals surface area contributed by atoms with Crippen LogP contribution in [0.1, 0.15) is 5.56 Å². The van der Waals surface area contributed by atoms with E-state index in [9.17, 15) is 13.2 Å². The summed E-state index contributed by atoms with van der Waals surface area (Å²) in [5, 5.41) is 9.11. The third-order valence-corrected chi connectivity index (χ3v) is 2.33. The lowest BCUT2D eigenvalue weighted by atomic mass is 10.00. The molecule has 0 spiro atoms. The zero-order valence-electron chi connectivity index (χ0n) is 7.76. The Labute approximate surface area is 90.5 Å². The van der Waals surface area contributed by atoms with Crippen LogP contribution in [0.4, 0.5) is 13.2 Å². The van der Waals surface area contributed by atoms with Crippen LogP contribution in [0.2, 0.25) is 5.02 Å². The molecule has 0 saturated carbocycles. The number of hydrogen-bond acceptors (Lipinski definition) is 1. The van der Waals surface area contributed by atoms with Crippen LogP contribution < -0.4 is 0 Å². The third-order valence-electron chi connectivity index (χ3n) is 2.08. The first-order valence-corrected chi connectivity index (χ1v) is 4.73. The molecule has 5 heteroatoms. The molecule has 1 aromatic rings. The van der Waals surface area contributed by atoms with Crippen molar-refractivity contribution in [2.45, 2.75) is 12.6 Å². The van der Waals surface area contributed by atoms with Crippen molar-refractivity contribution in [1.29, 1.82) is 0 Å². The maximum absolute atomic E-state index is 12.3. The summed E-state index contributed by atoms with van der Waals surface area (Å²) < 4.78 is 36.9. The van der Waals surface area contributed by atoms with Crippen LogP contribution in [-0.2, 0) is 6.42 Å². The van der Waals surface area contributed by atoms with Gasteiger partial charge in [-0.3, -0.25) is 0 Å². The summed E-state index contributed by atoms with van der Waals surface area (Å²) in [5.41, 5.74) is 0.510. The summed E-state index contributed by atoms with van der Waals surface area (Å²) in [5.74, 6) is -1.71. The first kappa shape index (κ1) is 12.3. The normalized spacial score (nSPS) is 13.9. The van der Waals surface area contributed by atoms with Crippen molar-refractivity contribution in [3.63, 3.8) is 0 Å². The number of rotatable bonds is 3. The van der Waals surface area contributed by atoms with Crippen molar-refractivity contribution in [3.05, 3.63) is 34.9 Å². The number of aliphatic hydroxyl groups excluding tert-OH is 1. The van der Waals surface area contributed by atoms with Crippen molar-refractivity contribution < 1.29 is 18.3 Å². The summed E-state index contributed by atoms with van der Waals surface area (Å²) in [7, 11) is 0. The van der Waals surface area contributed by atoms with Gasteiger partial charge in [-0.2, -0.15) is 13.2 Å². The molecule has 1 nitrogen and oxygen atoms in total.